The number of rotatable bonds is 13. The fourth-order valence-corrected chi connectivity index (χ4v) is 6.27. The third kappa shape index (κ3) is 8.74. The molecule has 0 saturated carbocycles. The second kappa shape index (κ2) is 15.7. The smallest absolute Gasteiger partial charge is 0.407 e. The summed E-state index contributed by atoms with van der Waals surface area (Å²) < 4.78 is 29.7. The number of esters is 1. The van der Waals surface area contributed by atoms with E-state index in [1.54, 1.807) is 31.4 Å². The number of methoxy groups -OCH3 is 1. The summed E-state index contributed by atoms with van der Waals surface area (Å²) in [6, 6.07) is 26.8. The number of amides is 1. The van der Waals surface area contributed by atoms with Crippen LogP contribution in [-0.2, 0) is 27.4 Å². The Morgan fingerprint density at radius 2 is 1.73 bits per heavy atom. The Labute approximate surface area is 283 Å². The van der Waals surface area contributed by atoms with Crippen LogP contribution in [0.2, 0.25) is 19.6 Å². The summed E-state index contributed by atoms with van der Waals surface area (Å²) in [7, 11) is 0.0543. The zero-order chi connectivity index (χ0) is 34.3. The fraction of sp³-hybridized carbons (Fsp3) is 0.368. The van der Waals surface area contributed by atoms with Gasteiger partial charge < -0.3 is 33.7 Å². The van der Waals surface area contributed by atoms with Crippen LogP contribution in [0, 0.1) is 0 Å². The lowest BCUT2D eigenvalue weighted by Crippen LogP contribution is -2.46. The molecule has 0 aliphatic carbocycles. The Morgan fingerprint density at radius 1 is 0.958 bits per heavy atom. The van der Waals surface area contributed by atoms with E-state index in [0.29, 0.717) is 30.0 Å². The number of carboxylic acid groups (broad SMARTS) is 1. The Kier molecular flexibility index (Phi) is 11.4. The number of fused-ring (bicyclic) bond motifs is 1. The summed E-state index contributed by atoms with van der Waals surface area (Å²) in [4.78, 5) is 26.0. The molecule has 1 fully saturated rings. The Bertz CT molecular complexity index is 1700. The molecule has 0 radical (unpaired) electrons. The van der Waals surface area contributed by atoms with Crippen LogP contribution in [0.5, 0.6) is 11.5 Å². The van der Waals surface area contributed by atoms with E-state index in [0.717, 1.165) is 27.5 Å². The van der Waals surface area contributed by atoms with Gasteiger partial charge in [0.15, 0.2) is 6.79 Å². The molecule has 0 aromatic heterocycles. The lowest BCUT2D eigenvalue weighted by atomic mass is 9.86. The van der Waals surface area contributed by atoms with Crippen molar-refractivity contribution in [1.29, 1.82) is 0 Å². The number of carbonyl (C=O) groups is 2. The van der Waals surface area contributed by atoms with Crippen LogP contribution in [0.1, 0.15) is 46.3 Å². The van der Waals surface area contributed by atoms with E-state index in [1.165, 1.54) is 4.90 Å². The van der Waals surface area contributed by atoms with Gasteiger partial charge in [0, 0.05) is 29.1 Å². The highest BCUT2D eigenvalue weighted by Crippen LogP contribution is 2.35. The Balaban J connectivity index is 1.29. The molecule has 3 unspecified atom stereocenters. The van der Waals surface area contributed by atoms with E-state index in [1.807, 2.05) is 60.7 Å². The largest absolute Gasteiger partial charge is 0.497 e. The first-order valence-corrected chi connectivity index (χ1v) is 19.9. The standard InChI is InChI=1S/C38H45NO8Si/c1-26(48(3,4)5)46-25-47-36-31(18-17-28-9-6-7-12-34(28)36)24-44-35-22-39(38(41)42)20-19-33(35)29-15-13-27(14-16-29)23-45-37(40)30-10-8-11-32(21-30)43-2/h6-18,21,26,33,35H,19-20,22-25H2,1-5H3,(H,41,42). The van der Waals surface area contributed by atoms with Gasteiger partial charge in [-0.05, 0) is 48.1 Å². The van der Waals surface area contributed by atoms with Gasteiger partial charge in [0.1, 0.15) is 18.1 Å². The molecule has 0 spiro atoms. The van der Waals surface area contributed by atoms with Crippen LogP contribution < -0.4 is 9.47 Å². The Hall–Kier alpha value is -4.38. The molecular formula is C38H45NO8Si. The molecule has 1 heterocycles. The quantitative estimate of drug-likeness (QED) is 0.0870. The highest BCUT2D eigenvalue weighted by Gasteiger charge is 2.33. The summed E-state index contributed by atoms with van der Waals surface area (Å²) in [6.07, 6.45) is -0.724. The molecule has 1 N–H and O–H groups in total. The molecule has 3 atom stereocenters. The van der Waals surface area contributed by atoms with Crippen molar-refractivity contribution >= 4 is 30.9 Å². The maximum absolute atomic E-state index is 12.6. The first-order valence-electron chi connectivity index (χ1n) is 16.3. The zero-order valence-electron chi connectivity index (χ0n) is 28.3. The zero-order valence-corrected chi connectivity index (χ0v) is 29.3. The number of piperidine rings is 1. The van der Waals surface area contributed by atoms with Crippen molar-refractivity contribution in [3.05, 3.63) is 107 Å². The van der Waals surface area contributed by atoms with Crippen LogP contribution in [-0.4, -0.2) is 69.0 Å². The molecule has 4 aromatic carbocycles. The second-order valence-electron chi connectivity index (χ2n) is 13.2. The van der Waals surface area contributed by atoms with Crippen molar-refractivity contribution in [3.63, 3.8) is 0 Å². The van der Waals surface area contributed by atoms with Crippen LogP contribution in [0.25, 0.3) is 10.8 Å². The van der Waals surface area contributed by atoms with Crippen molar-refractivity contribution in [2.24, 2.45) is 0 Å². The molecular weight excluding hydrogens is 627 g/mol. The van der Waals surface area contributed by atoms with Crippen molar-refractivity contribution in [1.82, 2.24) is 4.90 Å². The van der Waals surface area contributed by atoms with Gasteiger partial charge in [0.2, 0.25) is 0 Å². The number of likely N-dealkylation sites (tertiary alicyclic amines) is 1. The molecule has 1 saturated heterocycles. The number of hydrogen-bond acceptors (Lipinski definition) is 7. The molecule has 10 heteroatoms. The average molecular weight is 672 g/mol. The van der Waals surface area contributed by atoms with E-state index in [-0.39, 0.29) is 44.3 Å². The maximum Gasteiger partial charge on any atom is 0.407 e. The SMILES string of the molecule is COc1cccc(C(=O)OCc2ccc(C3CCN(C(=O)O)CC3OCc3ccc4ccccc4c3OCOC(C)[Si](C)(C)C)cc2)c1. The first kappa shape index (κ1) is 34.9. The molecule has 0 bridgehead atoms. The van der Waals surface area contributed by atoms with E-state index in [4.69, 9.17) is 23.7 Å². The van der Waals surface area contributed by atoms with Gasteiger partial charge in [-0.3, -0.25) is 0 Å². The first-order chi connectivity index (χ1) is 23.0. The predicted molar refractivity (Wildman–Crippen MR) is 187 cm³/mol. The Morgan fingerprint density at radius 3 is 2.46 bits per heavy atom. The molecule has 1 aliphatic heterocycles. The maximum atomic E-state index is 12.6. The third-order valence-corrected chi connectivity index (χ3v) is 11.7. The third-order valence-electron chi connectivity index (χ3n) is 9.07. The van der Waals surface area contributed by atoms with Crippen LogP contribution in [0.15, 0.2) is 84.9 Å². The number of nitrogens with zero attached hydrogens (tertiary/aromatic N) is 1. The minimum atomic E-state index is -1.50. The van der Waals surface area contributed by atoms with E-state index < -0.39 is 20.1 Å². The van der Waals surface area contributed by atoms with E-state index >= 15 is 0 Å². The van der Waals surface area contributed by atoms with Gasteiger partial charge in [-0.25, -0.2) is 9.59 Å². The molecule has 9 nitrogen and oxygen atoms in total. The summed E-state index contributed by atoms with van der Waals surface area (Å²) in [5.41, 5.74) is 3.31. The van der Waals surface area contributed by atoms with Gasteiger partial charge in [-0.2, -0.15) is 0 Å². The monoisotopic (exact) mass is 671 g/mol. The van der Waals surface area contributed by atoms with Crippen LogP contribution in [0.4, 0.5) is 4.79 Å². The fourth-order valence-electron chi connectivity index (χ4n) is 5.70. The second-order valence-corrected chi connectivity index (χ2v) is 18.8. The van der Waals surface area contributed by atoms with Crippen molar-refractivity contribution in [2.45, 2.75) is 63.9 Å². The minimum Gasteiger partial charge on any atom is -0.497 e. The van der Waals surface area contributed by atoms with E-state index in [2.05, 4.69) is 26.6 Å². The molecule has 1 aliphatic rings. The topological polar surface area (TPSA) is 104 Å². The van der Waals surface area contributed by atoms with Crippen LogP contribution >= 0.6 is 0 Å². The number of carbonyl (C=O) groups excluding carboxylic acids is 1. The summed E-state index contributed by atoms with van der Waals surface area (Å²) in [5.74, 6) is 0.845. The molecule has 254 valence electrons. The van der Waals surface area contributed by atoms with E-state index in [9.17, 15) is 14.7 Å². The molecule has 48 heavy (non-hydrogen) atoms. The highest BCUT2D eigenvalue weighted by atomic mass is 28.3. The predicted octanol–water partition coefficient (Wildman–Crippen LogP) is 7.88. The number of ether oxygens (including phenoxy) is 5. The lowest BCUT2D eigenvalue weighted by Gasteiger charge is -2.37. The highest BCUT2D eigenvalue weighted by molar-refractivity contribution is 6.77. The normalized spacial score (nSPS) is 17.1. The number of benzene rings is 4. The summed E-state index contributed by atoms with van der Waals surface area (Å²) >= 11 is 0. The van der Waals surface area contributed by atoms with Crippen molar-refractivity contribution in [2.75, 3.05) is 27.0 Å². The van der Waals surface area contributed by atoms with Gasteiger partial charge in [-0.15, -0.1) is 0 Å². The summed E-state index contributed by atoms with van der Waals surface area (Å²) in [5, 5.41) is 11.8. The lowest BCUT2D eigenvalue weighted by molar-refractivity contribution is -0.0238. The van der Waals surface area contributed by atoms with Crippen LogP contribution in [0.3, 0.4) is 0 Å². The van der Waals surface area contributed by atoms with Crippen molar-refractivity contribution < 1.29 is 38.4 Å². The average Bonchev–Trinajstić information content (AvgIpc) is 3.09. The van der Waals surface area contributed by atoms with Gasteiger partial charge in [0.25, 0.3) is 0 Å². The van der Waals surface area contributed by atoms with Gasteiger partial charge in [0.05, 0.1) is 40.0 Å². The van der Waals surface area contributed by atoms with Gasteiger partial charge >= 0.3 is 12.1 Å². The van der Waals surface area contributed by atoms with Crippen molar-refractivity contribution in [3.8, 4) is 11.5 Å². The summed E-state index contributed by atoms with van der Waals surface area (Å²) in [6.45, 7) is 10.1. The number of hydrogen-bond donors (Lipinski definition) is 1. The molecule has 5 rings (SSSR count). The van der Waals surface area contributed by atoms with Gasteiger partial charge in [-0.1, -0.05) is 86.4 Å². The minimum absolute atomic E-state index is 0.0280. The molecule has 1 amide bonds. The molecule has 4 aromatic rings.